The third-order valence-electron chi connectivity index (χ3n) is 3.51. The number of hydrogen-bond donors (Lipinski definition) is 1. The van der Waals surface area contributed by atoms with E-state index in [1.54, 1.807) is 11.0 Å². The predicted molar refractivity (Wildman–Crippen MR) is 76.3 cm³/mol. The van der Waals surface area contributed by atoms with Crippen LogP contribution in [-0.4, -0.2) is 47.9 Å². The van der Waals surface area contributed by atoms with Gasteiger partial charge in [-0.25, -0.2) is 4.39 Å². The first-order valence-corrected chi connectivity index (χ1v) is 6.95. The fourth-order valence-electron chi connectivity index (χ4n) is 2.29. The lowest BCUT2D eigenvalue weighted by atomic mass is 10.1. The largest absolute Gasteiger partial charge is 0.336 e. The second kappa shape index (κ2) is 5.92. The Hall–Kier alpha value is -1.07. The van der Waals surface area contributed by atoms with Gasteiger partial charge < -0.3 is 4.90 Å². The molecule has 0 spiro atoms. The first kappa shape index (κ1) is 14.3. The Morgan fingerprint density at radius 3 is 2.47 bits per heavy atom. The number of carbonyl (C=O) groups is 1. The quantitative estimate of drug-likeness (QED) is 0.841. The minimum Gasteiger partial charge on any atom is -0.336 e. The van der Waals surface area contributed by atoms with E-state index in [0.717, 1.165) is 13.1 Å². The van der Waals surface area contributed by atoms with Gasteiger partial charge in [0.05, 0.1) is 5.56 Å². The van der Waals surface area contributed by atoms with Crippen molar-refractivity contribution < 1.29 is 9.18 Å². The molecule has 19 heavy (non-hydrogen) atoms. The standard InChI is InChI=1S/C14H19FN2OS/c1-10(2)16-5-7-17(8-6-16)14(18)12-9-11(19)3-4-13(12)15/h3-4,9-10,19H,5-8H2,1-2H3. The van der Waals surface area contributed by atoms with Crippen molar-refractivity contribution >= 4 is 18.5 Å². The summed E-state index contributed by atoms with van der Waals surface area (Å²) in [6, 6.07) is 4.82. The van der Waals surface area contributed by atoms with Crippen LogP contribution in [0.5, 0.6) is 0 Å². The minimum absolute atomic E-state index is 0.116. The molecule has 0 radical (unpaired) electrons. The molecule has 1 heterocycles. The third kappa shape index (κ3) is 3.28. The van der Waals surface area contributed by atoms with Crippen LogP contribution in [0.1, 0.15) is 24.2 Å². The molecule has 0 unspecified atom stereocenters. The maximum absolute atomic E-state index is 13.7. The topological polar surface area (TPSA) is 23.6 Å². The second-order valence-electron chi connectivity index (χ2n) is 5.09. The number of piperazine rings is 1. The monoisotopic (exact) mass is 282 g/mol. The molecule has 1 amide bonds. The summed E-state index contributed by atoms with van der Waals surface area (Å²) >= 11 is 4.16. The lowest BCUT2D eigenvalue weighted by molar-refractivity contribution is 0.0591. The van der Waals surface area contributed by atoms with E-state index in [4.69, 9.17) is 0 Å². The zero-order valence-electron chi connectivity index (χ0n) is 11.3. The Balaban J connectivity index is 2.07. The Morgan fingerprint density at radius 2 is 1.89 bits per heavy atom. The molecule has 3 nitrogen and oxygen atoms in total. The maximum atomic E-state index is 13.7. The minimum atomic E-state index is -0.478. The predicted octanol–water partition coefficient (Wildman–Crippen LogP) is 2.28. The van der Waals surface area contributed by atoms with Gasteiger partial charge in [0.2, 0.25) is 0 Å². The molecule has 0 aliphatic carbocycles. The summed E-state index contributed by atoms with van der Waals surface area (Å²) in [7, 11) is 0. The summed E-state index contributed by atoms with van der Waals surface area (Å²) in [4.78, 5) is 16.9. The van der Waals surface area contributed by atoms with Gasteiger partial charge in [0.15, 0.2) is 0 Å². The molecule has 1 saturated heterocycles. The van der Waals surface area contributed by atoms with Gasteiger partial charge in [-0.15, -0.1) is 12.6 Å². The Morgan fingerprint density at radius 1 is 1.26 bits per heavy atom. The number of benzene rings is 1. The Kier molecular flexibility index (Phi) is 4.47. The molecule has 1 aliphatic heterocycles. The second-order valence-corrected chi connectivity index (χ2v) is 5.60. The van der Waals surface area contributed by atoms with Crippen molar-refractivity contribution in [2.24, 2.45) is 0 Å². The lowest BCUT2D eigenvalue weighted by Gasteiger charge is -2.37. The molecule has 1 fully saturated rings. The zero-order chi connectivity index (χ0) is 14.0. The van der Waals surface area contributed by atoms with Gasteiger partial charge >= 0.3 is 0 Å². The van der Waals surface area contributed by atoms with Crippen LogP contribution in [0.3, 0.4) is 0 Å². The molecule has 2 rings (SSSR count). The highest BCUT2D eigenvalue weighted by Gasteiger charge is 2.24. The highest BCUT2D eigenvalue weighted by molar-refractivity contribution is 7.80. The van der Waals surface area contributed by atoms with Crippen LogP contribution in [0.25, 0.3) is 0 Å². The van der Waals surface area contributed by atoms with Gasteiger partial charge in [0.25, 0.3) is 5.91 Å². The van der Waals surface area contributed by atoms with E-state index in [-0.39, 0.29) is 11.5 Å². The van der Waals surface area contributed by atoms with Crippen LogP contribution in [0.15, 0.2) is 23.1 Å². The molecule has 1 aromatic carbocycles. The van der Waals surface area contributed by atoms with Crippen molar-refractivity contribution in [3.8, 4) is 0 Å². The Bertz CT molecular complexity index is 471. The summed E-state index contributed by atoms with van der Waals surface area (Å²) < 4.78 is 13.7. The van der Waals surface area contributed by atoms with Crippen LogP contribution in [0, 0.1) is 5.82 Å². The fraction of sp³-hybridized carbons (Fsp3) is 0.500. The molecule has 104 valence electrons. The van der Waals surface area contributed by atoms with E-state index in [2.05, 4.69) is 31.4 Å². The van der Waals surface area contributed by atoms with Crippen molar-refractivity contribution in [1.29, 1.82) is 0 Å². The van der Waals surface area contributed by atoms with Crippen molar-refractivity contribution in [2.45, 2.75) is 24.8 Å². The average Bonchev–Trinajstić information content (AvgIpc) is 2.41. The number of amides is 1. The first-order chi connectivity index (χ1) is 8.99. The highest BCUT2D eigenvalue weighted by atomic mass is 32.1. The van der Waals surface area contributed by atoms with E-state index in [1.807, 2.05) is 0 Å². The van der Waals surface area contributed by atoms with E-state index in [0.29, 0.717) is 24.0 Å². The summed E-state index contributed by atoms with van der Waals surface area (Å²) in [6.45, 7) is 7.25. The molecule has 0 atom stereocenters. The van der Waals surface area contributed by atoms with Gasteiger partial charge in [-0.2, -0.15) is 0 Å². The van der Waals surface area contributed by atoms with Crippen LogP contribution in [-0.2, 0) is 0 Å². The van der Waals surface area contributed by atoms with Crippen LogP contribution < -0.4 is 0 Å². The summed E-state index contributed by atoms with van der Waals surface area (Å²) in [5, 5.41) is 0. The maximum Gasteiger partial charge on any atom is 0.256 e. The van der Waals surface area contributed by atoms with Gasteiger partial charge in [-0.05, 0) is 32.0 Å². The normalized spacial score (nSPS) is 17.0. The fourth-order valence-corrected chi connectivity index (χ4v) is 2.49. The summed E-state index contributed by atoms with van der Waals surface area (Å²) in [5.74, 6) is -0.717. The highest BCUT2D eigenvalue weighted by Crippen LogP contribution is 2.17. The van der Waals surface area contributed by atoms with Crippen molar-refractivity contribution in [2.75, 3.05) is 26.2 Å². The molecule has 1 aromatic rings. The number of hydrogen-bond acceptors (Lipinski definition) is 3. The molecule has 0 bridgehead atoms. The lowest BCUT2D eigenvalue weighted by Crippen LogP contribution is -2.50. The number of rotatable bonds is 2. The number of nitrogens with zero attached hydrogens (tertiary/aromatic N) is 2. The molecule has 0 N–H and O–H groups in total. The van der Waals surface area contributed by atoms with E-state index < -0.39 is 5.82 Å². The van der Waals surface area contributed by atoms with Gasteiger partial charge in [-0.3, -0.25) is 9.69 Å². The molecular weight excluding hydrogens is 263 g/mol. The molecular formula is C14H19FN2OS. The van der Waals surface area contributed by atoms with E-state index >= 15 is 0 Å². The molecule has 0 aromatic heterocycles. The molecule has 1 aliphatic rings. The van der Waals surface area contributed by atoms with Crippen molar-refractivity contribution in [3.63, 3.8) is 0 Å². The van der Waals surface area contributed by atoms with Gasteiger partial charge in [0, 0.05) is 37.1 Å². The average molecular weight is 282 g/mol. The smallest absolute Gasteiger partial charge is 0.256 e. The van der Waals surface area contributed by atoms with Gasteiger partial charge in [-0.1, -0.05) is 0 Å². The summed E-state index contributed by atoms with van der Waals surface area (Å²) in [6.07, 6.45) is 0. The van der Waals surface area contributed by atoms with E-state index in [1.165, 1.54) is 12.1 Å². The van der Waals surface area contributed by atoms with Crippen molar-refractivity contribution in [1.82, 2.24) is 9.80 Å². The van der Waals surface area contributed by atoms with Crippen LogP contribution in [0.4, 0.5) is 4.39 Å². The zero-order valence-corrected chi connectivity index (χ0v) is 12.2. The SMILES string of the molecule is CC(C)N1CCN(C(=O)c2cc(S)ccc2F)CC1. The molecule has 0 saturated carbocycles. The van der Waals surface area contributed by atoms with Crippen LogP contribution in [0.2, 0.25) is 0 Å². The summed E-state index contributed by atoms with van der Waals surface area (Å²) in [5.41, 5.74) is 0.116. The number of carbonyl (C=O) groups excluding carboxylic acids is 1. The van der Waals surface area contributed by atoms with Crippen LogP contribution >= 0.6 is 12.6 Å². The first-order valence-electron chi connectivity index (χ1n) is 6.51. The van der Waals surface area contributed by atoms with Crippen molar-refractivity contribution in [3.05, 3.63) is 29.6 Å². The third-order valence-corrected chi connectivity index (χ3v) is 3.79. The molecule has 5 heteroatoms. The Labute approximate surface area is 118 Å². The number of halogens is 1. The van der Waals surface area contributed by atoms with E-state index in [9.17, 15) is 9.18 Å². The number of thiol groups is 1. The van der Waals surface area contributed by atoms with Gasteiger partial charge in [0.1, 0.15) is 5.82 Å².